The van der Waals surface area contributed by atoms with Gasteiger partial charge in [-0.05, 0) is 60.2 Å². The number of allylic oxidation sites excluding steroid dienone is 1. The zero-order chi connectivity index (χ0) is 21.6. The van der Waals surface area contributed by atoms with E-state index < -0.39 is 0 Å². The van der Waals surface area contributed by atoms with E-state index in [-0.39, 0.29) is 11.8 Å². The molecule has 2 heterocycles. The molecular weight excluding hydrogens is 392 g/mol. The summed E-state index contributed by atoms with van der Waals surface area (Å²) in [4.78, 5) is 31.0. The molecule has 4 aromatic rings. The lowest BCUT2D eigenvalue weighted by Gasteiger charge is -2.07. The van der Waals surface area contributed by atoms with Gasteiger partial charge in [0.15, 0.2) is 5.78 Å². The molecule has 31 heavy (non-hydrogen) atoms. The Morgan fingerprint density at radius 1 is 1.00 bits per heavy atom. The molecule has 0 aliphatic carbocycles. The molecule has 0 unspecified atom stereocenters. The summed E-state index contributed by atoms with van der Waals surface area (Å²) in [5.41, 5.74) is 3.87. The van der Waals surface area contributed by atoms with Crippen LogP contribution in [0.25, 0.3) is 17.0 Å². The number of hydrogen-bond acceptors (Lipinski definition) is 5. The Kier molecular flexibility index (Phi) is 5.89. The van der Waals surface area contributed by atoms with Crippen molar-refractivity contribution in [2.45, 2.75) is 6.61 Å². The molecular formula is C25H20N2O4. The molecule has 0 fully saturated rings. The van der Waals surface area contributed by atoms with Gasteiger partial charge in [-0.1, -0.05) is 12.1 Å². The maximum Gasteiger partial charge on any atom is 0.337 e. The largest absolute Gasteiger partial charge is 0.489 e. The highest BCUT2D eigenvalue weighted by Crippen LogP contribution is 2.25. The normalized spacial score (nSPS) is 11.0. The Morgan fingerprint density at radius 2 is 1.77 bits per heavy atom. The number of carbonyl (C=O) groups is 2. The van der Waals surface area contributed by atoms with Gasteiger partial charge >= 0.3 is 5.97 Å². The number of hydrogen-bond donors (Lipinski definition) is 1. The summed E-state index contributed by atoms with van der Waals surface area (Å²) >= 11 is 0. The van der Waals surface area contributed by atoms with Gasteiger partial charge in [0.1, 0.15) is 12.4 Å². The molecule has 6 heteroatoms. The summed E-state index contributed by atoms with van der Waals surface area (Å²) in [7, 11) is 1.36. The lowest BCUT2D eigenvalue weighted by atomic mass is 10.1. The van der Waals surface area contributed by atoms with E-state index in [4.69, 9.17) is 9.47 Å². The lowest BCUT2D eigenvalue weighted by Crippen LogP contribution is -2.01. The zero-order valence-corrected chi connectivity index (χ0v) is 16.9. The minimum atomic E-state index is -0.367. The van der Waals surface area contributed by atoms with Crippen LogP contribution in [0.5, 0.6) is 5.75 Å². The van der Waals surface area contributed by atoms with Crippen LogP contribution in [0.15, 0.2) is 79.3 Å². The summed E-state index contributed by atoms with van der Waals surface area (Å²) in [6.07, 6.45) is 8.39. The van der Waals surface area contributed by atoms with Gasteiger partial charge in [-0.25, -0.2) is 4.79 Å². The summed E-state index contributed by atoms with van der Waals surface area (Å²) in [5.74, 6) is 0.257. The van der Waals surface area contributed by atoms with Crippen LogP contribution in [0.4, 0.5) is 0 Å². The zero-order valence-electron chi connectivity index (χ0n) is 16.9. The smallest absolute Gasteiger partial charge is 0.337 e. The lowest BCUT2D eigenvalue weighted by molar-refractivity contribution is 0.0600. The fourth-order valence-corrected chi connectivity index (χ4v) is 3.15. The van der Waals surface area contributed by atoms with Gasteiger partial charge in [-0.2, -0.15) is 0 Å². The number of aromatic amines is 1. The van der Waals surface area contributed by atoms with Gasteiger partial charge in [0, 0.05) is 40.6 Å². The van der Waals surface area contributed by atoms with Crippen molar-refractivity contribution in [3.8, 4) is 5.75 Å². The minimum absolute atomic E-state index is 0.0837. The van der Waals surface area contributed by atoms with Gasteiger partial charge in [0.05, 0.1) is 12.7 Å². The van der Waals surface area contributed by atoms with Gasteiger partial charge in [-0.15, -0.1) is 0 Å². The number of benzene rings is 2. The molecule has 154 valence electrons. The van der Waals surface area contributed by atoms with Crippen molar-refractivity contribution < 1.29 is 19.1 Å². The molecule has 0 atom stereocenters. The maximum absolute atomic E-state index is 12.3. The van der Waals surface area contributed by atoms with E-state index in [1.54, 1.807) is 48.8 Å². The molecule has 0 radical (unpaired) electrons. The van der Waals surface area contributed by atoms with E-state index in [2.05, 4.69) is 9.97 Å². The second kappa shape index (κ2) is 9.09. The fourth-order valence-electron chi connectivity index (χ4n) is 3.15. The van der Waals surface area contributed by atoms with Crippen LogP contribution in [0.2, 0.25) is 0 Å². The first kappa shape index (κ1) is 20.1. The highest BCUT2D eigenvalue weighted by Gasteiger charge is 2.07. The molecule has 0 saturated heterocycles. The van der Waals surface area contributed by atoms with E-state index in [1.807, 2.05) is 36.5 Å². The average molecular weight is 412 g/mol. The second-order valence-electron chi connectivity index (χ2n) is 6.86. The topological polar surface area (TPSA) is 81.3 Å². The van der Waals surface area contributed by atoms with Gasteiger partial charge in [-0.3, -0.25) is 9.78 Å². The van der Waals surface area contributed by atoms with Gasteiger partial charge in [0.2, 0.25) is 0 Å². The Balaban J connectivity index is 1.47. The average Bonchev–Trinajstić information content (AvgIpc) is 3.23. The Labute approximate surface area is 179 Å². The van der Waals surface area contributed by atoms with Crippen molar-refractivity contribution in [2.24, 2.45) is 0 Å². The number of nitrogens with one attached hydrogen (secondary N) is 1. The molecule has 2 aromatic heterocycles. The number of fused-ring (bicyclic) bond motifs is 1. The van der Waals surface area contributed by atoms with E-state index in [1.165, 1.54) is 7.11 Å². The highest BCUT2D eigenvalue weighted by atomic mass is 16.5. The van der Waals surface area contributed by atoms with Crippen LogP contribution in [-0.2, 0) is 11.3 Å². The highest BCUT2D eigenvalue weighted by molar-refractivity contribution is 6.07. The third kappa shape index (κ3) is 4.70. The van der Waals surface area contributed by atoms with E-state index in [9.17, 15) is 9.59 Å². The van der Waals surface area contributed by atoms with E-state index >= 15 is 0 Å². The van der Waals surface area contributed by atoms with E-state index in [0.29, 0.717) is 23.5 Å². The van der Waals surface area contributed by atoms with Crippen molar-refractivity contribution in [1.29, 1.82) is 0 Å². The second-order valence-corrected chi connectivity index (χ2v) is 6.86. The van der Waals surface area contributed by atoms with Crippen LogP contribution in [0, 0.1) is 0 Å². The molecule has 2 aromatic carbocycles. The number of pyridine rings is 1. The molecule has 6 nitrogen and oxygen atoms in total. The number of carbonyl (C=O) groups excluding carboxylic acids is 2. The SMILES string of the molecule is COC(=O)c1ccc(COc2ccc3[nH]cc(/C=C/C(=O)c4ccncc4)c3c2)cc1. The van der Waals surface area contributed by atoms with Crippen molar-refractivity contribution in [1.82, 2.24) is 9.97 Å². The molecule has 0 bridgehead atoms. The third-order valence-electron chi connectivity index (χ3n) is 4.84. The predicted octanol–water partition coefficient (Wildman–Crippen LogP) is 4.82. The number of nitrogens with zero attached hydrogens (tertiary/aromatic N) is 1. The Morgan fingerprint density at radius 3 is 2.52 bits per heavy atom. The summed E-state index contributed by atoms with van der Waals surface area (Å²) in [6, 6.07) is 16.2. The van der Waals surface area contributed by atoms with Crippen LogP contribution in [-0.4, -0.2) is 28.8 Å². The van der Waals surface area contributed by atoms with Crippen LogP contribution < -0.4 is 4.74 Å². The molecule has 0 amide bonds. The van der Waals surface area contributed by atoms with Crippen molar-refractivity contribution in [3.05, 3.63) is 102 Å². The van der Waals surface area contributed by atoms with Crippen molar-refractivity contribution >= 4 is 28.7 Å². The monoisotopic (exact) mass is 412 g/mol. The summed E-state index contributed by atoms with van der Waals surface area (Å²) in [5, 5.41) is 0.956. The van der Waals surface area contributed by atoms with Crippen LogP contribution >= 0.6 is 0 Å². The van der Waals surface area contributed by atoms with Crippen LogP contribution in [0.3, 0.4) is 0 Å². The van der Waals surface area contributed by atoms with Crippen LogP contribution in [0.1, 0.15) is 31.8 Å². The number of esters is 1. The van der Waals surface area contributed by atoms with Crippen molar-refractivity contribution in [3.63, 3.8) is 0 Å². The number of ketones is 1. The summed E-state index contributed by atoms with van der Waals surface area (Å²) < 4.78 is 10.6. The summed E-state index contributed by atoms with van der Waals surface area (Å²) in [6.45, 7) is 0.364. The Bertz CT molecular complexity index is 1240. The standard InChI is InChI=1S/C25H20N2O4/c1-30-25(29)19-4-2-17(3-5-19)16-31-21-7-8-23-22(14-21)20(15-27-23)6-9-24(28)18-10-12-26-13-11-18/h2-15,27H,16H2,1H3/b9-6+. The molecule has 0 saturated carbocycles. The number of aromatic nitrogens is 2. The molecule has 4 rings (SSSR count). The first-order valence-corrected chi connectivity index (χ1v) is 9.67. The minimum Gasteiger partial charge on any atom is -0.489 e. The fraction of sp³-hybridized carbons (Fsp3) is 0.0800. The number of ether oxygens (including phenoxy) is 2. The van der Waals surface area contributed by atoms with E-state index in [0.717, 1.165) is 22.0 Å². The predicted molar refractivity (Wildman–Crippen MR) is 118 cm³/mol. The molecule has 0 aliphatic rings. The Hall–Kier alpha value is -4.19. The van der Waals surface area contributed by atoms with Gasteiger partial charge in [0.25, 0.3) is 0 Å². The number of rotatable bonds is 7. The molecule has 1 N–H and O–H groups in total. The quantitative estimate of drug-likeness (QED) is 0.267. The molecule has 0 spiro atoms. The van der Waals surface area contributed by atoms with Crippen molar-refractivity contribution in [2.75, 3.05) is 7.11 Å². The maximum atomic E-state index is 12.3. The molecule has 0 aliphatic heterocycles. The number of methoxy groups -OCH3 is 1. The first-order valence-electron chi connectivity index (χ1n) is 9.67. The number of H-pyrrole nitrogens is 1. The van der Waals surface area contributed by atoms with Gasteiger partial charge < -0.3 is 14.5 Å². The first-order chi connectivity index (χ1) is 15.1. The third-order valence-corrected chi connectivity index (χ3v) is 4.84.